The van der Waals surface area contributed by atoms with E-state index in [9.17, 15) is 4.79 Å². The SMILES string of the molecule is CN(c1ccncn1)C1CCN(CC2CCC(=O)NC2)CC1. The van der Waals surface area contributed by atoms with E-state index in [-0.39, 0.29) is 5.91 Å². The maximum absolute atomic E-state index is 11.2. The second kappa shape index (κ2) is 7.05. The van der Waals surface area contributed by atoms with Gasteiger partial charge in [0.2, 0.25) is 5.91 Å². The van der Waals surface area contributed by atoms with Crippen molar-refractivity contribution < 1.29 is 4.79 Å². The molecular formula is C16H25N5O. The molecule has 0 radical (unpaired) electrons. The monoisotopic (exact) mass is 303 g/mol. The zero-order chi connectivity index (χ0) is 15.4. The van der Waals surface area contributed by atoms with Gasteiger partial charge in [0.1, 0.15) is 12.1 Å². The molecular weight excluding hydrogens is 278 g/mol. The number of hydrogen-bond acceptors (Lipinski definition) is 5. The van der Waals surface area contributed by atoms with Crippen LogP contribution in [0.2, 0.25) is 0 Å². The molecule has 1 aromatic rings. The van der Waals surface area contributed by atoms with Gasteiger partial charge >= 0.3 is 0 Å². The summed E-state index contributed by atoms with van der Waals surface area (Å²) >= 11 is 0. The van der Waals surface area contributed by atoms with E-state index in [0.29, 0.717) is 18.4 Å². The molecule has 1 N–H and O–H groups in total. The van der Waals surface area contributed by atoms with Gasteiger partial charge in [0.25, 0.3) is 0 Å². The molecule has 3 rings (SSSR count). The minimum Gasteiger partial charge on any atom is -0.356 e. The average molecular weight is 303 g/mol. The van der Waals surface area contributed by atoms with Crippen LogP contribution in [0.1, 0.15) is 25.7 Å². The molecule has 3 heterocycles. The van der Waals surface area contributed by atoms with Crippen molar-refractivity contribution in [2.45, 2.75) is 31.7 Å². The number of anilines is 1. The van der Waals surface area contributed by atoms with Gasteiger partial charge in [-0.1, -0.05) is 0 Å². The van der Waals surface area contributed by atoms with Crippen LogP contribution in [0, 0.1) is 5.92 Å². The number of nitrogens with zero attached hydrogens (tertiary/aromatic N) is 4. The predicted octanol–water partition coefficient (Wildman–Crippen LogP) is 0.903. The van der Waals surface area contributed by atoms with Crippen LogP contribution in [0.15, 0.2) is 18.6 Å². The van der Waals surface area contributed by atoms with Crippen molar-refractivity contribution in [1.29, 1.82) is 0 Å². The number of aromatic nitrogens is 2. The van der Waals surface area contributed by atoms with E-state index in [2.05, 4.69) is 32.1 Å². The first kappa shape index (κ1) is 15.2. The standard InChI is InChI=1S/C16H25N5O/c1-20(15-4-7-17-12-19-15)14-5-8-21(9-6-14)11-13-2-3-16(22)18-10-13/h4,7,12-14H,2-3,5-6,8-11H2,1H3,(H,18,22). The summed E-state index contributed by atoms with van der Waals surface area (Å²) in [6, 6.07) is 2.52. The summed E-state index contributed by atoms with van der Waals surface area (Å²) in [7, 11) is 2.12. The Morgan fingerprint density at radius 3 is 2.82 bits per heavy atom. The summed E-state index contributed by atoms with van der Waals surface area (Å²) in [4.78, 5) is 24.4. The van der Waals surface area contributed by atoms with Gasteiger partial charge in [0.05, 0.1) is 0 Å². The molecule has 1 amide bonds. The Hall–Kier alpha value is -1.69. The second-order valence-corrected chi connectivity index (χ2v) is 6.42. The number of carbonyl (C=O) groups excluding carboxylic acids is 1. The first-order chi connectivity index (χ1) is 10.7. The summed E-state index contributed by atoms with van der Waals surface area (Å²) in [5, 5.41) is 2.98. The Labute approximate surface area is 131 Å². The largest absolute Gasteiger partial charge is 0.356 e. The van der Waals surface area contributed by atoms with Gasteiger partial charge in [-0.3, -0.25) is 4.79 Å². The first-order valence-electron chi connectivity index (χ1n) is 8.20. The predicted molar refractivity (Wildman–Crippen MR) is 85.6 cm³/mol. The van der Waals surface area contributed by atoms with Crippen molar-refractivity contribution in [3.05, 3.63) is 18.6 Å². The molecule has 120 valence electrons. The van der Waals surface area contributed by atoms with E-state index >= 15 is 0 Å². The summed E-state index contributed by atoms with van der Waals surface area (Å²) in [6.07, 6.45) is 7.47. The van der Waals surface area contributed by atoms with E-state index < -0.39 is 0 Å². The van der Waals surface area contributed by atoms with E-state index in [1.165, 1.54) is 12.8 Å². The third-order valence-electron chi connectivity index (χ3n) is 4.92. The lowest BCUT2D eigenvalue weighted by molar-refractivity contribution is -0.123. The van der Waals surface area contributed by atoms with Gasteiger partial charge in [0.15, 0.2) is 0 Å². The van der Waals surface area contributed by atoms with Crippen LogP contribution < -0.4 is 10.2 Å². The number of nitrogens with one attached hydrogen (secondary N) is 1. The van der Waals surface area contributed by atoms with Crippen molar-refractivity contribution in [3.8, 4) is 0 Å². The highest BCUT2D eigenvalue weighted by Gasteiger charge is 2.26. The van der Waals surface area contributed by atoms with Crippen LogP contribution in [-0.4, -0.2) is 60.0 Å². The van der Waals surface area contributed by atoms with Crippen LogP contribution in [0.4, 0.5) is 5.82 Å². The number of piperidine rings is 2. The molecule has 1 aromatic heterocycles. The van der Waals surface area contributed by atoms with Gasteiger partial charge in [-0.15, -0.1) is 0 Å². The quantitative estimate of drug-likeness (QED) is 0.895. The minimum atomic E-state index is 0.210. The third kappa shape index (κ3) is 3.74. The molecule has 22 heavy (non-hydrogen) atoms. The molecule has 6 nitrogen and oxygen atoms in total. The van der Waals surface area contributed by atoms with Crippen LogP contribution >= 0.6 is 0 Å². The van der Waals surface area contributed by atoms with Crippen LogP contribution in [0.25, 0.3) is 0 Å². The summed E-state index contributed by atoms with van der Waals surface area (Å²) in [5.74, 6) is 1.83. The van der Waals surface area contributed by atoms with Crippen molar-refractivity contribution in [2.75, 3.05) is 38.1 Å². The second-order valence-electron chi connectivity index (χ2n) is 6.42. The lowest BCUT2D eigenvalue weighted by Gasteiger charge is -2.39. The molecule has 6 heteroatoms. The lowest BCUT2D eigenvalue weighted by Crippen LogP contribution is -2.47. The van der Waals surface area contributed by atoms with Gasteiger partial charge in [-0.05, 0) is 31.2 Å². The Balaban J connectivity index is 1.45. The van der Waals surface area contributed by atoms with Crippen molar-refractivity contribution >= 4 is 11.7 Å². The van der Waals surface area contributed by atoms with Gasteiger partial charge in [-0.25, -0.2) is 9.97 Å². The number of carbonyl (C=O) groups is 1. The number of hydrogen-bond donors (Lipinski definition) is 1. The summed E-state index contributed by atoms with van der Waals surface area (Å²) in [6.45, 7) is 4.22. The Kier molecular flexibility index (Phi) is 4.87. The Morgan fingerprint density at radius 1 is 1.36 bits per heavy atom. The van der Waals surface area contributed by atoms with Gasteiger partial charge in [0, 0.05) is 51.9 Å². The highest BCUT2D eigenvalue weighted by atomic mass is 16.1. The fourth-order valence-electron chi connectivity index (χ4n) is 3.47. The van der Waals surface area contributed by atoms with Crippen molar-refractivity contribution in [1.82, 2.24) is 20.2 Å². The average Bonchev–Trinajstić information content (AvgIpc) is 2.58. The molecule has 0 spiro atoms. The molecule has 0 aliphatic carbocycles. The number of likely N-dealkylation sites (tertiary alicyclic amines) is 1. The third-order valence-corrected chi connectivity index (χ3v) is 4.92. The highest BCUT2D eigenvalue weighted by Crippen LogP contribution is 2.21. The van der Waals surface area contributed by atoms with Crippen LogP contribution in [0.5, 0.6) is 0 Å². The fourth-order valence-corrected chi connectivity index (χ4v) is 3.47. The van der Waals surface area contributed by atoms with Crippen molar-refractivity contribution in [3.63, 3.8) is 0 Å². The van der Waals surface area contributed by atoms with Crippen molar-refractivity contribution in [2.24, 2.45) is 5.92 Å². The maximum atomic E-state index is 11.2. The summed E-state index contributed by atoms with van der Waals surface area (Å²) < 4.78 is 0. The maximum Gasteiger partial charge on any atom is 0.220 e. The molecule has 2 aliphatic rings. The number of amides is 1. The molecule has 0 saturated carbocycles. The Morgan fingerprint density at radius 2 is 2.18 bits per heavy atom. The van der Waals surface area contributed by atoms with Crippen LogP contribution in [-0.2, 0) is 4.79 Å². The molecule has 0 bridgehead atoms. The van der Waals surface area contributed by atoms with Gasteiger partial charge < -0.3 is 15.1 Å². The minimum absolute atomic E-state index is 0.210. The smallest absolute Gasteiger partial charge is 0.220 e. The van der Waals surface area contributed by atoms with Gasteiger partial charge in [-0.2, -0.15) is 0 Å². The van der Waals surface area contributed by atoms with E-state index in [4.69, 9.17) is 0 Å². The molecule has 2 aliphatic heterocycles. The lowest BCUT2D eigenvalue weighted by atomic mass is 9.96. The van der Waals surface area contributed by atoms with Crippen LogP contribution in [0.3, 0.4) is 0 Å². The molecule has 1 unspecified atom stereocenters. The van der Waals surface area contributed by atoms with E-state index in [1.807, 2.05) is 6.07 Å². The van der Waals surface area contributed by atoms with E-state index in [0.717, 1.165) is 38.4 Å². The molecule has 2 saturated heterocycles. The topological polar surface area (TPSA) is 61.4 Å². The molecule has 1 atom stereocenters. The highest BCUT2D eigenvalue weighted by molar-refractivity contribution is 5.76. The molecule has 0 aromatic carbocycles. The normalized spacial score (nSPS) is 24.0. The fraction of sp³-hybridized carbons (Fsp3) is 0.688. The zero-order valence-electron chi connectivity index (χ0n) is 13.2. The Bertz CT molecular complexity index is 477. The number of rotatable bonds is 4. The molecule has 2 fully saturated rings. The summed E-state index contributed by atoms with van der Waals surface area (Å²) in [5.41, 5.74) is 0. The zero-order valence-corrected chi connectivity index (χ0v) is 13.2. The first-order valence-corrected chi connectivity index (χ1v) is 8.20. The van der Waals surface area contributed by atoms with E-state index in [1.54, 1.807) is 12.5 Å².